The Morgan fingerprint density at radius 2 is 2.05 bits per heavy atom. The van der Waals surface area contributed by atoms with Crippen molar-refractivity contribution < 1.29 is 13.2 Å². The number of amides is 1. The maximum Gasteiger partial charge on any atom is 0.243 e. The number of nitrogens with one attached hydrogen (secondary N) is 2. The summed E-state index contributed by atoms with van der Waals surface area (Å²) in [7, 11) is -3.55. The molecule has 2 N–H and O–H groups in total. The number of carbonyl (C=O) groups is 1. The summed E-state index contributed by atoms with van der Waals surface area (Å²) < 4.78 is 27.3. The van der Waals surface area contributed by atoms with E-state index in [9.17, 15) is 13.2 Å². The lowest BCUT2D eigenvalue weighted by Gasteiger charge is -2.41. The van der Waals surface area contributed by atoms with Gasteiger partial charge in [0.1, 0.15) is 0 Å². The van der Waals surface area contributed by atoms with Crippen LogP contribution in [-0.4, -0.2) is 43.8 Å². The van der Waals surface area contributed by atoms with Gasteiger partial charge in [-0.1, -0.05) is 0 Å². The van der Waals surface area contributed by atoms with Gasteiger partial charge in [-0.3, -0.25) is 4.79 Å². The first-order valence-electron chi connectivity index (χ1n) is 6.97. The predicted octanol–water partition coefficient (Wildman–Crippen LogP) is 0.554. The third kappa shape index (κ3) is 2.45. The van der Waals surface area contributed by atoms with Gasteiger partial charge in [0.25, 0.3) is 0 Å². The molecule has 21 heavy (non-hydrogen) atoms. The molecule has 6 nitrogen and oxygen atoms in total. The van der Waals surface area contributed by atoms with E-state index < -0.39 is 15.6 Å². The summed E-state index contributed by atoms with van der Waals surface area (Å²) in [6.45, 7) is 5.54. The number of nitrogens with zero attached hydrogens (tertiary/aromatic N) is 1. The summed E-state index contributed by atoms with van der Waals surface area (Å²) >= 11 is 0. The van der Waals surface area contributed by atoms with Crippen molar-refractivity contribution in [1.29, 1.82) is 0 Å². The van der Waals surface area contributed by atoms with Crippen LogP contribution < -0.4 is 10.6 Å². The minimum absolute atomic E-state index is 0.0953. The van der Waals surface area contributed by atoms with Crippen molar-refractivity contribution in [2.75, 3.05) is 25.0 Å². The van der Waals surface area contributed by atoms with E-state index in [1.165, 1.54) is 0 Å². The van der Waals surface area contributed by atoms with E-state index in [4.69, 9.17) is 0 Å². The summed E-state index contributed by atoms with van der Waals surface area (Å²) in [5, 5.41) is 5.93. The molecule has 1 aromatic carbocycles. The molecule has 114 valence electrons. The van der Waals surface area contributed by atoms with E-state index in [0.29, 0.717) is 25.3 Å². The van der Waals surface area contributed by atoms with Crippen molar-refractivity contribution in [2.24, 2.45) is 0 Å². The van der Waals surface area contributed by atoms with Gasteiger partial charge in [-0.05, 0) is 37.6 Å². The second kappa shape index (κ2) is 4.79. The van der Waals surface area contributed by atoms with Gasteiger partial charge in [-0.25, -0.2) is 8.42 Å². The lowest BCUT2D eigenvalue weighted by molar-refractivity contribution is -0.115. The molecule has 1 aromatic rings. The summed E-state index contributed by atoms with van der Waals surface area (Å²) in [6, 6.07) is 4.85. The Kier molecular flexibility index (Phi) is 3.31. The van der Waals surface area contributed by atoms with Gasteiger partial charge >= 0.3 is 0 Å². The van der Waals surface area contributed by atoms with Gasteiger partial charge in [-0.2, -0.15) is 4.31 Å². The molecule has 3 rings (SSSR count). The number of benzene rings is 1. The number of sulfonamides is 1. The zero-order valence-corrected chi connectivity index (χ0v) is 13.0. The molecule has 0 aliphatic carbocycles. The minimum atomic E-state index is -3.55. The van der Waals surface area contributed by atoms with Crippen molar-refractivity contribution in [3.05, 3.63) is 23.8 Å². The molecule has 2 aliphatic heterocycles. The van der Waals surface area contributed by atoms with E-state index in [1.54, 1.807) is 22.5 Å². The quantitative estimate of drug-likeness (QED) is 0.836. The van der Waals surface area contributed by atoms with Gasteiger partial charge in [-0.15, -0.1) is 0 Å². The Balaban J connectivity index is 1.99. The van der Waals surface area contributed by atoms with Crippen LogP contribution in [0.4, 0.5) is 5.69 Å². The molecule has 0 saturated carbocycles. The fraction of sp³-hybridized carbons (Fsp3) is 0.500. The van der Waals surface area contributed by atoms with E-state index in [-0.39, 0.29) is 17.2 Å². The first-order chi connectivity index (χ1) is 9.80. The molecule has 2 heterocycles. The molecule has 0 spiro atoms. The fourth-order valence-corrected chi connectivity index (χ4v) is 4.74. The predicted molar refractivity (Wildman–Crippen MR) is 79.6 cm³/mol. The number of rotatable bonds is 2. The maximum atomic E-state index is 12.9. The lowest BCUT2D eigenvalue weighted by atomic mass is 10.0. The topological polar surface area (TPSA) is 78.5 Å². The number of hydrogen-bond acceptors (Lipinski definition) is 4. The van der Waals surface area contributed by atoms with Crippen LogP contribution >= 0.6 is 0 Å². The normalized spacial score (nSPS) is 21.9. The van der Waals surface area contributed by atoms with E-state index in [2.05, 4.69) is 10.6 Å². The summed E-state index contributed by atoms with van der Waals surface area (Å²) in [4.78, 5) is 11.6. The van der Waals surface area contributed by atoms with E-state index in [1.807, 2.05) is 13.8 Å². The Bertz CT molecular complexity index is 697. The largest absolute Gasteiger partial charge is 0.326 e. The van der Waals surface area contributed by atoms with Crippen molar-refractivity contribution in [3.63, 3.8) is 0 Å². The molecular weight excluding hydrogens is 290 g/mol. The summed E-state index contributed by atoms with van der Waals surface area (Å²) in [6.07, 6.45) is 0.240. The number of fused-ring (bicyclic) bond motifs is 1. The van der Waals surface area contributed by atoms with Crippen LogP contribution in [0.5, 0.6) is 0 Å². The van der Waals surface area contributed by atoms with Gasteiger partial charge < -0.3 is 10.6 Å². The van der Waals surface area contributed by atoms with Crippen LogP contribution in [0, 0.1) is 0 Å². The van der Waals surface area contributed by atoms with Crippen molar-refractivity contribution >= 4 is 21.6 Å². The summed E-state index contributed by atoms with van der Waals surface area (Å²) in [5.74, 6) is -0.0953. The first-order valence-corrected chi connectivity index (χ1v) is 8.41. The molecular formula is C14H19N3O3S. The van der Waals surface area contributed by atoms with E-state index in [0.717, 1.165) is 5.56 Å². The molecule has 0 radical (unpaired) electrons. The number of anilines is 1. The molecule has 1 saturated heterocycles. The van der Waals surface area contributed by atoms with E-state index >= 15 is 0 Å². The number of carbonyl (C=O) groups excluding carboxylic acids is 1. The third-order valence-electron chi connectivity index (χ3n) is 4.01. The van der Waals surface area contributed by atoms with Crippen molar-refractivity contribution in [1.82, 2.24) is 9.62 Å². The van der Waals surface area contributed by atoms with Gasteiger partial charge in [0.15, 0.2) is 0 Å². The lowest BCUT2D eigenvalue weighted by Crippen LogP contribution is -2.59. The van der Waals surface area contributed by atoms with Crippen LogP contribution in [0.3, 0.4) is 0 Å². The smallest absolute Gasteiger partial charge is 0.243 e. The standard InChI is InChI=1S/C14H19N3O3S/c1-14(2)9-15-5-6-17(14)21(19,20)11-3-4-12-10(7-11)8-13(18)16-12/h3-4,7,15H,5-6,8-9H2,1-2H3,(H,16,18). The van der Waals surface area contributed by atoms with Gasteiger partial charge in [0.2, 0.25) is 15.9 Å². The van der Waals surface area contributed by atoms with Gasteiger partial charge in [0.05, 0.1) is 11.3 Å². The Hall–Kier alpha value is -1.44. The molecule has 1 amide bonds. The number of piperazine rings is 1. The molecule has 0 aromatic heterocycles. The van der Waals surface area contributed by atoms with Crippen LogP contribution in [0.15, 0.2) is 23.1 Å². The van der Waals surface area contributed by atoms with Crippen LogP contribution in [0.1, 0.15) is 19.4 Å². The van der Waals surface area contributed by atoms with Gasteiger partial charge in [0, 0.05) is 30.9 Å². The number of hydrogen-bond donors (Lipinski definition) is 2. The third-order valence-corrected chi connectivity index (χ3v) is 6.12. The maximum absolute atomic E-state index is 12.9. The Morgan fingerprint density at radius 1 is 1.29 bits per heavy atom. The van der Waals surface area contributed by atoms with Crippen LogP contribution in [0.25, 0.3) is 0 Å². The molecule has 2 aliphatic rings. The highest BCUT2D eigenvalue weighted by atomic mass is 32.2. The second-order valence-corrected chi connectivity index (χ2v) is 7.97. The highest BCUT2D eigenvalue weighted by molar-refractivity contribution is 7.89. The molecule has 0 bridgehead atoms. The first kappa shape index (κ1) is 14.5. The zero-order valence-electron chi connectivity index (χ0n) is 12.1. The average Bonchev–Trinajstić information content (AvgIpc) is 2.76. The second-order valence-electron chi connectivity index (χ2n) is 6.11. The SMILES string of the molecule is CC1(C)CNCCN1S(=O)(=O)c1ccc2c(c1)CC(=O)N2. The average molecular weight is 309 g/mol. The molecule has 7 heteroatoms. The Labute approximate surface area is 124 Å². The van der Waals surface area contributed by atoms with Crippen molar-refractivity contribution in [2.45, 2.75) is 30.7 Å². The Morgan fingerprint density at radius 3 is 2.76 bits per heavy atom. The molecule has 0 atom stereocenters. The molecule has 1 fully saturated rings. The minimum Gasteiger partial charge on any atom is -0.326 e. The fourth-order valence-electron chi connectivity index (χ4n) is 2.90. The van der Waals surface area contributed by atoms with Crippen LogP contribution in [0.2, 0.25) is 0 Å². The van der Waals surface area contributed by atoms with Crippen LogP contribution in [-0.2, 0) is 21.2 Å². The monoisotopic (exact) mass is 309 g/mol. The summed E-state index contributed by atoms with van der Waals surface area (Å²) in [5.41, 5.74) is 0.983. The highest BCUT2D eigenvalue weighted by Crippen LogP contribution is 2.30. The molecule has 0 unspecified atom stereocenters. The zero-order chi connectivity index (χ0) is 15.3. The van der Waals surface area contributed by atoms with Crippen molar-refractivity contribution in [3.8, 4) is 0 Å². The highest BCUT2D eigenvalue weighted by Gasteiger charge is 2.39.